The van der Waals surface area contributed by atoms with E-state index >= 15 is 0 Å². The third-order valence-corrected chi connectivity index (χ3v) is 12.5. The molecule has 0 amide bonds. The molecule has 1 aliphatic heterocycles. The standard InChI is InChI=1S/C54H34N4O/c1-3-13-33(14-4-1)34-23-26-37(27-24-34)57-46-31-29-40-39-19-10-12-22-47(39)59-53(40)49(46)42-30-32-45-48(52(42)57)41-20-9-11-21-44(41)58(45)54-55-50(36-16-5-2-6-17-36)43-28-25-35-15-7-8-18-38(35)51(43)56-54/h1-32,40,53H. The Hall–Kier alpha value is -7.76. The first kappa shape index (κ1) is 32.3. The molecule has 8 aromatic carbocycles. The van der Waals surface area contributed by atoms with Crippen molar-refractivity contribution in [1.82, 2.24) is 19.1 Å². The molecule has 11 aromatic rings. The average molecular weight is 755 g/mol. The van der Waals surface area contributed by atoms with Gasteiger partial charge in [-0.05, 0) is 59.0 Å². The third kappa shape index (κ3) is 4.67. The van der Waals surface area contributed by atoms with Crippen LogP contribution in [0.25, 0.3) is 94.5 Å². The van der Waals surface area contributed by atoms with Crippen molar-refractivity contribution in [1.29, 1.82) is 0 Å². The highest BCUT2D eigenvalue weighted by molar-refractivity contribution is 6.22. The van der Waals surface area contributed by atoms with E-state index in [4.69, 9.17) is 14.7 Å². The maximum Gasteiger partial charge on any atom is 0.235 e. The fourth-order valence-electron chi connectivity index (χ4n) is 9.89. The van der Waals surface area contributed by atoms with Crippen molar-refractivity contribution in [3.8, 4) is 39.8 Å². The maximum atomic E-state index is 6.89. The molecular formula is C54H34N4O. The highest BCUT2D eigenvalue weighted by Crippen LogP contribution is 2.54. The van der Waals surface area contributed by atoms with Gasteiger partial charge in [0.05, 0.1) is 33.5 Å². The zero-order valence-corrected chi connectivity index (χ0v) is 31.8. The van der Waals surface area contributed by atoms with Crippen molar-refractivity contribution in [3.63, 3.8) is 0 Å². The van der Waals surface area contributed by atoms with Crippen LogP contribution in [0.4, 0.5) is 0 Å². The Bertz CT molecular complexity index is 3530. The first-order valence-electron chi connectivity index (χ1n) is 20.2. The van der Waals surface area contributed by atoms with Gasteiger partial charge in [-0.2, -0.15) is 0 Å². The molecule has 276 valence electrons. The van der Waals surface area contributed by atoms with Gasteiger partial charge in [-0.25, -0.2) is 9.97 Å². The van der Waals surface area contributed by atoms with Crippen LogP contribution < -0.4 is 4.74 Å². The Labute approximate surface area is 339 Å². The van der Waals surface area contributed by atoms with Crippen LogP contribution in [0.2, 0.25) is 0 Å². The molecule has 2 unspecified atom stereocenters. The number of fused-ring (bicyclic) bond motifs is 14. The van der Waals surface area contributed by atoms with Crippen molar-refractivity contribution < 1.29 is 4.74 Å². The van der Waals surface area contributed by atoms with Gasteiger partial charge in [0, 0.05) is 55.2 Å². The minimum Gasteiger partial charge on any atom is -0.484 e. The summed E-state index contributed by atoms with van der Waals surface area (Å²) in [5, 5.41) is 6.77. The van der Waals surface area contributed by atoms with Crippen molar-refractivity contribution in [2.24, 2.45) is 0 Å². The monoisotopic (exact) mass is 754 g/mol. The fourth-order valence-corrected chi connectivity index (χ4v) is 9.89. The maximum absolute atomic E-state index is 6.89. The Morgan fingerprint density at radius 1 is 0.492 bits per heavy atom. The molecule has 0 saturated heterocycles. The summed E-state index contributed by atoms with van der Waals surface area (Å²) in [6.07, 6.45) is 4.52. The number of hydrogen-bond acceptors (Lipinski definition) is 3. The first-order chi connectivity index (χ1) is 29.3. The highest BCUT2D eigenvalue weighted by atomic mass is 16.5. The van der Waals surface area contributed by atoms with Gasteiger partial charge in [0.1, 0.15) is 11.9 Å². The quantitative estimate of drug-likeness (QED) is 0.168. The number of aromatic nitrogens is 4. The molecule has 2 aliphatic rings. The SMILES string of the molecule is C1=CC2c3ccccc3OC2c2c1n(-c1ccc(-c3ccccc3)cc1)c1c2ccc2c1c1ccccc1n2-c1nc(-c2ccccc2)c2ccc3ccccc3c2n1. The molecule has 0 saturated carbocycles. The van der Waals surface area contributed by atoms with Crippen LogP contribution in [0.3, 0.4) is 0 Å². The van der Waals surface area contributed by atoms with E-state index in [2.05, 4.69) is 203 Å². The Morgan fingerprint density at radius 2 is 1.19 bits per heavy atom. The van der Waals surface area contributed by atoms with Crippen molar-refractivity contribution in [2.45, 2.75) is 12.0 Å². The predicted octanol–water partition coefficient (Wildman–Crippen LogP) is 13.4. The summed E-state index contributed by atoms with van der Waals surface area (Å²) in [7, 11) is 0. The van der Waals surface area contributed by atoms with Crippen LogP contribution in [-0.2, 0) is 0 Å². The zero-order valence-electron chi connectivity index (χ0n) is 31.8. The zero-order chi connectivity index (χ0) is 38.6. The smallest absolute Gasteiger partial charge is 0.235 e. The van der Waals surface area contributed by atoms with Gasteiger partial charge in [-0.1, -0.05) is 152 Å². The molecular weight excluding hydrogens is 721 g/mol. The number of rotatable bonds is 4. The summed E-state index contributed by atoms with van der Waals surface area (Å²) in [5.74, 6) is 1.73. The lowest BCUT2D eigenvalue weighted by Gasteiger charge is -2.22. The Balaban J connectivity index is 1.13. The van der Waals surface area contributed by atoms with Gasteiger partial charge in [0.15, 0.2) is 0 Å². The van der Waals surface area contributed by atoms with Gasteiger partial charge >= 0.3 is 0 Å². The van der Waals surface area contributed by atoms with Gasteiger partial charge in [0.25, 0.3) is 0 Å². The van der Waals surface area contributed by atoms with Gasteiger partial charge in [-0.15, -0.1) is 0 Å². The van der Waals surface area contributed by atoms with E-state index in [1.807, 2.05) is 0 Å². The molecule has 2 atom stereocenters. The van der Waals surface area contributed by atoms with Crippen LogP contribution in [-0.4, -0.2) is 19.1 Å². The first-order valence-corrected chi connectivity index (χ1v) is 20.2. The number of ether oxygens (including phenoxy) is 1. The molecule has 3 aromatic heterocycles. The van der Waals surface area contributed by atoms with Crippen LogP contribution in [0, 0.1) is 0 Å². The van der Waals surface area contributed by atoms with Crippen molar-refractivity contribution in [2.75, 3.05) is 0 Å². The van der Waals surface area contributed by atoms with Crippen LogP contribution in [0.1, 0.15) is 28.8 Å². The second-order valence-electron chi connectivity index (χ2n) is 15.6. The molecule has 4 heterocycles. The number of hydrogen-bond donors (Lipinski definition) is 0. The lowest BCUT2D eigenvalue weighted by atomic mass is 9.85. The molecule has 5 nitrogen and oxygen atoms in total. The number of para-hydroxylation sites is 2. The summed E-state index contributed by atoms with van der Waals surface area (Å²) in [6.45, 7) is 0. The Morgan fingerprint density at radius 3 is 2.03 bits per heavy atom. The fraction of sp³-hybridized carbons (Fsp3) is 0.0370. The molecule has 0 spiro atoms. The molecule has 0 bridgehead atoms. The summed E-state index contributed by atoms with van der Waals surface area (Å²) >= 11 is 0. The second kappa shape index (κ2) is 12.4. The molecule has 59 heavy (non-hydrogen) atoms. The lowest BCUT2D eigenvalue weighted by Crippen LogP contribution is -2.13. The summed E-state index contributed by atoms with van der Waals surface area (Å²) in [6, 6.07) is 64.7. The van der Waals surface area contributed by atoms with Gasteiger partial charge in [0.2, 0.25) is 5.95 Å². The molecule has 0 fully saturated rings. The van der Waals surface area contributed by atoms with Crippen molar-refractivity contribution in [3.05, 3.63) is 205 Å². The van der Waals surface area contributed by atoms with Crippen LogP contribution >= 0.6 is 0 Å². The second-order valence-corrected chi connectivity index (χ2v) is 15.6. The topological polar surface area (TPSA) is 44.9 Å². The number of benzene rings is 8. The van der Waals surface area contributed by atoms with E-state index in [0.29, 0.717) is 5.95 Å². The van der Waals surface area contributed by atoms with E-state index < -0.39 is 0 Å². The minimum absolute atomic E-state index is 0.132. The van der Waals surface area contributed by atoms with Gasteiger partial charge < -0.3 is 9.30 Å². The van der Waals surface area contributed by atoms with Crippen LogP contribution in [0.5, 0.6) is 5.75 Å². The van der Waals surface area contributed by atoms with E-state index in [1.165, 1.54) is 27.6 Å². The molecule has 13 rings (SSSR count). The Kier molecular flexibility index (Phi) is 6.78. The molecule has 1 aliphatic carbocycles. The summed E-state index contributed by atoms with van der Waals surface area (Å²) in [4.78, 5) is 10.9. The number of nitrogens with zero attached hydrogens (tertiary/aromatic N) is 4. The average Bonchev–Trinajstić information content (AvgIpc) is 3.97. The van der Waals surface area contributed by atoms with Gasteiger partial charge in [-0.3, -0.25) is 4.57 Å². The lowest BCUT2D eigenvalue weighted by molar-refractivity contribution is 0.224. The van der Waals surface area contributed by atoms with E-state index in [1.54, 1.807) is 0 Å². The summed E-state index contributed by atoms with van der Waals surface area (Å²) in [5.41, 5.74) is 13.2. The predicted molar refractivity (Wildman–Crippen MR) is 241 cm³/mol. The molecule has 0 N–H and O–H groups in total. The largest absolute Gasteiger partial charge is 0.484 e. The third-order valence-electron chi connectivity index (χ3n) is 12.5. The highest BCUT2D eigenvalue weighted by Gasteiger charge is 2.40. The van der Waals surface area contributed by atoms with E-state index in [9.17, 15) is 0 Å². The summed E-state index contributed by atoms with van der Waals surface area (Å²) < 4.78 is 11.6. The molecule has 0 radical (unpaired) electrons. The molecule has 5 heteroatoms. The van der Waals surface area contributed by atoms with Crippen LogP contribution in [0.15, 0.2) is 188 Å². The van der Waals surface area contributed by atoms with E-state index in [-0.39, 0.29) is 12.0 Å². The minimum atomic E-state index is -0.143. The normalized spacial score (nSPS) is 15.5. The van der Waals surface area contributed by atoms with Crippen molar-refractivity contribution >= 4 is 60.5 Å². The van der Waals surface area contributed by atoms with E-state index in [0.717, 1.165) is 77.4 Å².